The Morgan fingerprint density at radius 2 is 1.17 bits per heavy atom. The van der Waals surface area contributed by atoms with Gasteiger partial charge in [-0.1, -0.05) is 36.4 Å². The fourth-order valence-corrected chi connectivity index (χ4v) is 2.40. The van der Waals surface area contributed by atoms with Crippen LogP contribution in [0.3, 0.4) is 0 Å². The van der Waals surface area contributed by atoms with Crippen LogP contribution in [0.25, 0.3) is 0 Å². The summed E-state index contributed by atoms with van der Waals surface area (Å²) in [5.74, 6) is 0.437. The van der Waals surface area contributed by atoms with E-state index in [4.69, 9.17) is 4.74 Å². The van der Waals surface area contributed by atoms with Crippen molar-refractivity contribution in [3.63, 3.8) is 0 Å². The Labute approximate surface area is 140 Å². The predicted octanol–water partition coefficient (Wildman–Crippen LogP) is 5.30. The Morgan fingerprint density at radius 1 is 0.708 bits per heavy atom. The zero-order valence-electron chi connectivity index (χ0n) is 13.3. The number of nitrogens with zero attached hydrogens (tertiary/aromatic N) is 1. The smallest absolute Gasteiger partial charge is 0.437 e. The van der Waals surface area contributed by atoms with E-state index in [9.17, 15) is 4.79 Å². The average Bonchev–Trinajstić information content (AvgIpc) is 2.65. The topological polar surface area (TPSA) is 38.8 Å². The van der Waals surface area contributed by atoms with Crippen LogP contribution in [0, 0.1) is 0 Å². The summed E-state index contributed by atoms with van der Waals surface area (Å²) in [6.07, 6.45) is -0.731. The van der Waals surface area contributed by atoms with Crippen LogP contribution in [-0.2, 0) is 4.74 Å². The highest BCUT2D eigenvalue weighted by Gasteiger charge is 2.12. The molecule has 0 radical (unpaired) electrons. The van der Waals surface area contributed by atoms with Gasteiger partial charge in [-0.2, -0.15) is 0 Å². The van der Waals surface area contributed by atoms with Crippen molar-refractivity contribution < 1.29 is 14.3 Å². The van der Waals surface area contributed by atoms with Crippen molar-refractivity contribution in [2.45, 2.75) is 0 Å². The second kappa shape index (κ2) is 7.33. The van der Waals surface area contributed by atoms with Gasteiger partial charge in [0.15, 0.2) is 0 Å². The molecule has 0 amide bonds. The number of carbonyl (C=O) groups is 1. The first-order valence-electron chi connectivity index (χ1n) is 7.54. The van der Waals surface area contributed by atoms with Crippen molar-refractivity contribution in [1.82, 2.24) is 0 Å². The number of hydrogen-bond donors (Lipinski definition) is 0. The summed E-state index contributed by atoms with van der Waals surface area (Å²) in [5.41, 5.74) is 3.06. The molecule has 0 spiro atoms. The molecule has 0 saturated heterocycles. The fourth-order valence-electron chi connectivity index (χ4n) is 2.40. The highest BCUT2D eigenvalue weighted by atomic mass is 16.7. The maximum absolute atomic E-state index is 11.2. The van der Waals surface area contributed by atoms with E-state index in [0.29, 0.717) is 5.75 Å². The van der Waals surface area contributed by atoms with Gasteiger partial charge in [0.2, 0.25) is 0 Å². The molecule has 0 aliphatic heterocycles. The highest BCUT2D eigenvalue weighted by molar-refractivity contribution is 5.76. The van der Waals surface area contributed by atoms with Crippen LogP contribution in [0.1, 0.15) is 0 Å². The molecule has 0 fully saturated rings. The molecule has 0 unspecified atom stereocenters. The van der Waals surface area contributed by atoms with Crippen molar-refractivity contribution in [3.8, 4) is 5.75 Å². The van der Waals surface area contributed by atoms with E-state index in [0.717, 1.165) is 17.1 Å². The van der Waals surface area contributed by atoms with E-state index in [1.807, 2.05) is 72.8 Å². The van der Waals surface area contributed by atoms with E-state index in [-0.39, 0.29) is 0 Å². The molecule has 4 heteroatoms. The lowest BCUT2D eigenvalue weighted by molar-refractivity contribution is 0.121. The molecular weight excluding hydrogens is 302 g/mol. The number of para-hydroxylation sites is 2. The van der Waals surface area contributed by atoms with Crippen molar-refractivity contribution in [3.05, 3.63) is 84.9 Å². The zero-order chi connectivity index (χ0) is 16.8. The summed E-state index contributed by atoms with van der Waals surface area (Å²) in [4.78, 5) is 13.3. The molecular formula is C20H17NO3. The molecule has 120 valence electrons. The monoisotopic (exact) mass is 319 g/mol. The fraction of sp³-hybridized carbons (Fsp3) is 0.0500. The second-order valence-electron chi connectivity index (χ2n) is 5.06. The van der Waals surface area contributed by atoms with Gasteiger partial charge in [0.1, 0.15) is 5.75 Å². The summed E-state index contributed by atoms with van der Waals surface area (Å²) in [7, 11) is 1.28. The van der Waals surface area contributed by atoms with E-state index >= 15 is 0 Å². The minimum atomic E-state index is -0.731. The Kier molecular flexibility index (Phi) is 4.77. The molecule has 3 aromatic rings. The molecule has 3 rings (SSSR count). The maximum Gasteiger partial charge on any atom is 0.513 e. The van der Waals surface area contributed by atoms with E-state index < -0.39 is 6.16 Å². The number of anilines is 3. The molecule has 4 nitrogen and oxygen atoms in total. The van der Waals surface area contributed by atoms with E-state index in [1.54, 1.807) is 12.1 Å². The van der Waals surface area contributed by atoms with Crippen molar-refractivity contribution in [2.24, 2.45) is 0 Å². The lowest BCUT2D eigenvalue weighted by Crippen LogP contribution is -2.10. The van der Waals surface area contributed by atoms with Crippen molar-refractivity contribution in [1.29, 1.82) is 0 Å². The molecule has 0 atom stereocenters. The van der Waals surface area contributed by atoms with Gasteiger partial charge in [0, 0.05) is 17.1 Å². The molecule has 0 saturated carbocycles. The van der Waals surface area contributed by atoms with Crippen LogP contribution in [0.2, 0.25) is 0 Å². The minimum Gasteiger partial charge on any atom is -0.437 e. The second-order valence-corrected chi connectivity index (χ2v) is 5.06. The van der Waals surface area contributed by atoms with Gasteiger partial charge >= 0.3 is 6.16 Å². The maximum atomic E-state index is 11.2. The van der Waals surface area contributed by atoms with Gasteiger partial charge in [-0.05, 0) is 48.5 Å². The Morgan fingerprint density at radius 3 is 1.62 bits per heavy atom. The number of hydrogen-bond acceptors (Lipinski definition) is 4. The molecule has 0 bridgehead atoms. The van der Waals surface area contributed by atoms with Crippen molar-refractivity contribution in [2.75, 3.05) is 12.0 Å². The minimum absolute atomic E-state index is 0.437. The SMILES string of the molecule is COC(=O)Oc1ccc(N(c2ccccc2)c2ccccc2)cc1. The van der Waals surface area contributed by atoms with Gasteiger partial charge in [-0.15, -0.1) is 0 Å². The third-order valence-electron chi connectivity index (χ3n) is 3.49. The molecule has 0 aromatic heterocycles. The molecule has 24 heavy (non-hydrogen) atoms. The lowest BCUT2D eigenvalue weighted by Gasteiger charge is -2.25. The number of benzene rings is 3. The van der Waals surface area contributed by atoms with E-state index in [1.165, 1.54) is 7.11 Å². The molecule has 0 aliphatic carbocycles. The normalized spacial score (nSPS) is 10.0. The molecule has 0 heterocycles. The Hall–Kier alpha value is -3.27. The number of ether oxygens (including phenoxy) is 2. The first kappa shape index (κ1) is 15.6. The summed E-state index contributed by atoms with van der Waals surface area (Å²) in [5, 5.41) is 0. The van der Waals surface area contributed by atoms with Gasteiger partial charge in [-0.3, -0.25) is 0 Å². The van der Waals surface area contributed by atoms with Crippen LogP contribution in [0.5, 0.6) is 5.75 Å². The van der Waals surface area contributed by atoms with Crippen LogP contribution in [0.4, 0.5) is 21.9 Å². The summed E-state index contributed by atoms with van der Waals surface area (Å²) in [6.45, 7) is 0. The number of carbonyl (C=O) groups excluding carboxylic acids is 1. The van der Waals surface area contributed by atoms with E-state index in [2.05, 4.69) is 9.64 Å². The van der Waals surface area contributed by atoms with Crippen LogP contribution < -0.4 is 9.64 Å². The third kappa shape index (κ3) is 3.55. The summed E-state index contributed by atoms with van der Waals surface area (Å²) < 4.78 is 9.53. The summed E-state index contributed by atoms with van der Waals surface area (Å²) in [6, 6.07) is 27.4. The van der Waals surface area contributed by atoms with Crippen molar-refractivity contribution >= 4 is 23.2 Å². The molecule has 3 aromatic carbocycles. The third-order valence-corrected chi connectivity index (χ3v) is 3.49. The van der Waals surface area contributed by atoms with Crippen LogP contribution in [0.15, 0.2) is 84.9 Å². The van der Waals surface area contributed by atoms with Gasteiger partial charge in [0.05, 0.1) is 7.11 Å². The first-order valence-corrected chi connectivity index (χ1v) is 7.54. The number of methoxy groups -OCH3 is 1. The first-order chi connectivity index (χ1) is 11.8. The largest absolute Gasteiger partial charge is 0.513 e. The van der Waals surface area contributed by atoms with Gasteiger partial charge < -0.3 is 14.4 Å². The standard InChI is InChI=1S/C20H17NO3/c1-23-20(22)24-19-14-12-18(13-15-19)21(16-8-4-2-5-9-16)17-10-6-3-7-11-17/h2-15H,1H3. The quantitative estimate of drug-likeness (QED) is 0.483. The van der Waals surface area contributed by atoms with Crippen LogP contribution in [-0.4, -0.2) is 13.3 Å². The lowest BCUT2D eigenvalue weighted by atomic mass is 10.2. The molecule has 0 N–H and O–H groups in total. The average molecular weight is 319 g/mol. The Balaban J connectivity index is 1.96. The predicted molar refractivity (Wildman–Crippen MR) is 94.2 cm³/mol. The summed E-state index contributed by atoms with van der Waals surface area (Å²) >= 11 is 0. The zero-order valence-corrected chi connectivity index (χ0v) is 13.3. The highest BCUT2D eigenvalue weighted by Crippen LogP contribution is 2.34. The van der Waals surface area contributed by atoms with Gasteiger partial charge in [-0.25, -0.2) is 4.79 Å². The van der Waals surface area contributed by atoms with Gasteiger partial charge in [0.25, 0.3) is 0 Å². The number of rotatable bonds is 4. The molecule has 0 aliphatic rings. The Bertz CT molecular complexity index is 747. The van der Waals surface area contributed by atoms with Crippen LogP contribution >= 0.6 is 0 Å².